The molecule has 0 spiro atoms. The van der Waals surface area contributed by atoms with Crippen molar-refractivity contribution in [3.63, 3.8) is 0 Å². The molecule has 1 heterocycles. The Balaban J connectivity index is 2.28. The van der Waals surface area contributed by atoms with Gasteiger partial charge in [-0.25, -0.2) is 8.42 Å². The molecule has 1 aliphatic heterocycles. The van der Waals surface area contributed by atoms with E-state index in [4.69, 9.17) is 4.74 Å². The molecule has 5 heteroatoms. The zero-order valence-electron chi connectivity index (χ0n) is 9.14. The number of hydrogen-bond donors (Lipinski definition) is 1. The van der Waals surface area contributed by atoms with Gasteiger partial charge in [-0.05, 0) is 37.2 Å². The zero-order chi connectivity index (χ0) is 11.6. The number of rotatable bonds is 3. The fraction of sp³-hybridized carbons (Fsp3) is 0.455. The summed E-state index contributed by atoms with van der Waals surface area (Å²) in [6, 6.07) is 6.56. The predicted molar refractivity (Wildman–Crippen MR) is 61.5 cm³/mol. The number of benzene rings is 1. The normalized spacial score (nSPS) is 20.9. The first kappa shape index (κ1) is 11.4. The molecule has 0 bridgehead atoms. The van der Waals surface area contributed by atoms with E-state index >= 15 is 0 Å². The fourth-order valence-electron chi connectivity index (χ4n) is 1.85. The van der Waals surface area contributed by atoms with Crippen LogP contribution in [0.15, 0.2) is 29.2 Å². The highest BCUT2D eigenvalue weighted by Crippen LogP contribution is 2.22. The molecule has 1 fully saturated rings. The van der Waals surface area contributed by atoms with Crippen molar-refractivity contribution in [3.05, 3.63) is 24.3 Å². The van der Waals surface area contributed by atoms with E-state index in [-0.39, 0.29) is 5.25 Å². The number of ether oxygens (including phenoxy) is 1. The van der Waals surface area contributed by atoms with E-state index in [0.717, 1.165) is 6.54 Å². The summed E-state index contributed by atoms with van der Waals surface area (Å²) in [6.45, 7) is 1.33. The highest BCUT2D eigenvalue weighted by Gasteiger charge is 2.29. The van der Waals surface area contributed by atoms with E-state index in [9.17, 15) is 8.42 Å². The fourth-order valence-corrected chi connectivity index (χ4v) is 3.52. The molecule has 4 nitrogen and oxygen atoms in total. The molecule has 16 heavy (non-hydrogen) atoms. The Labute approximate surface area is 95.5 Å². The van der Waals surface area contributed by atoms with Crippen LogP contribution in [0.5, 0.6) is 5.75 Å². The van der Waals surface area contributed by atoms with Gasteiger partial charge in [-0.1, -0.05) is 0 Å². The Hall–Kier alpha value is -1.07. The molecule has 0 radical (unpaired) electrons. The number of methoxy groups -OCH3 is 1. The molecule has 1 unspecified atom stereocenters. The van der Waals surface area contributed by atoms with E-state index < -0.39 is 9.84 Å². The maximum absolute atomic E-state index is 12.2. The van der Waals surface area contributed by atoms with Crippen LogP contribution in [0.25, 0.3) is 0 Å². The zero-order valence-corrected chi connectivity index (χ0v) is 9.96. The molecule has 1 saturated heterocycles. The van der Waals surface area contributed by atoms with Gasteiger partial charge < -0.3 is 10.1 Å². The highest BCUT2D eigenvalue weighted by atomic mass is 32.2. The Morgan fingerprint density at radius 3 is 2.50 bits per heavy atom. The van der Waals surface area contributed by atoms with Crippen LogP contribution >= 0.6 is 0 Å². The van der Waals surface area contributed by atoms with Crippen molar-refractivity contribution in [2.45, 2.75) is 16.6 Å². The summed E-state index contributed by atoms with van der Waals surface area (Å²) in [5, 5.41) is 2.78. The van der Waals surface area contributed by atoms with Gasteiger partial charge >= 0.3 is 0 Å². The molecule has 0 aromatic heterocycles. The van der Waals surface area contributed by atoms with E-state index in [0.29, 0.717) is 23.6 Å². The predicted octanol–water partition coefficient (Wildman–Crippen LogP) is 0.831. The third kappa shape index (κ3) is 2.05. The first-order chi connectivity index (χ1) is 7.64. The number of sulfone groups is 1. The molecule has 1 aliphatic rings. The summed E-state index contributed by atoms with van der Waals surface area (Å²) >= 11 is 0. The van der Waals surface area contributed by atoms with Crippen molar-refractivity contribution in [1.82, 2.24) is 5.32 Å². The molecule has 0 amide bonds. The van der Waals surface area contributed by atoms with Gasteiger partial charge in [0.1, 0.15) is 5.75 Å². The lowest BCUT2D eigenvalue weighted by Crippen LogP contribution is -2.23. The quantitative estimate of drug-likeness (QED) is 0.851. The van der Waals surface area contributed by atoms with Gasteiger partial charge in [0.15, 0.2) is 9.84 Å². The Bertz CT molecular complexity index is 447. The molecule has 88 valence electrons. The van der Waals surface area contributed by atoms with Gasteiger partial charge in [-0.15, -0.1) is 0 Å². The Morgan fingerprint density at radius 2 is 2.00 bits per heavy atom. The summed E-state index contributed by atoms with van der Waals surface area (Å²) in [7, 11) is -1.62. The van der Waals surface area contributed by atoms with Crippen molar-refractivity contribution in [2.24, 2.45) is 0 Å². The van der Waals surface area contributed by atoms with Crippen molar-refractivity contribution in [2.75, 3.05) is 20.2 Å². The van der Waals surface area contributed by atoms with Crippen LogP contribution in [-0.2, 0) is 9.84 Å². The lowest BCUT2D eigenvalue weighted by atomic mass is 10.3. The maximum Gasteiger partial charge on any atom is 0.182 e. The average Bonchev–Trinajstić information content (AvgIpc) is 2.83. The van der Waals surface area contributed by atoms with E-state index in [1.807, 2.05) is 0 Å². The second-order valence-corrected chi connectivity index (χ2v) is 6.06. The van der Waals surface area contributed by atoms with Gasteiger partial charge in [0.2, 0.25) is 0 Å². The van der Waals surface area contributed by atoms with Crippen molar-refractivity contribution < 1.29 is 13.2 Å². The first-order valence-electron chi connectivity index (χ1n) is 5.23. The van der Waals surface area contributed by atoms with Crippen LogP contribution in [-0.4, -0.2) is 33.9 Å². The summed E-state index contributed by atoms with van der Waals surface area (Å²) in [5.74, 6) is 0.670. The topological polar surface area (TPSA) is 55.4 Å². The van der Waals surface area contributed by atoms with Crippen LogP contribution < -0.4 is 10.1 Å². The smallest absolute Gasteiger partial charge is 0.182 e. The van der Waals surface area contributed by atoms with E-state index in [1.165, 1.54) is 0 Å². The van der Waals surface area contributed by atoms with Crippen molar-refractivity contribution >= 4 is 9.84 Å². The minimum Gasteiger partial charge on any atom is -0.497 e. The first-order valence-corrected chi connectivity index (χ1v) is 6.78. The third-order valence-corrected chi connectivity index (χ3v) is 5.05. The van der Waals surface area contributed by atoms with E-state index in [2.05, 4.69) is 5.32 Å². The van der Waals surface area contributed by atoms with Crippen molar-refractivity contribution in [1.29, 1.82) is 0 Å². The second kappa shape index (κ2) is 4.43. The minimum absolute atomic E-state index is 0.291. The van der Waals surface area contributed by atoms with Gasteiger partial charge in [0.05, 0.1) is 17.3 Å². The Kier molecular flexibility index (Phi) is 3.16. The Morgan fingerprint density at radius 1 is 1.31 bits per heavy atom. The molecule has 0 aliphatic carbocycles. The van der Waals surface area contributed by atoms with Crippen LogP contribution in [0.2, 0.25) is 0 Å². The van der Waals surface area contributed by atoms with Gasteiger partial charge in [-0.3, -0.25) is 0 Å². The summed E-state index contributed by atoms with van der Waals surface area (Å²) in [6.07, 6.45) is 0.689. The minimum atomic E-state index is -3.18. The largest absolute Gasteiger partial charge is 0.497 e. The molecular formula is C11H15NO3S. The average molecular weight is 241 g/mol. The van der Waals surface area contributed by atoms with Crippen molar-refractivity contribution in [3.8, 4) is 5.75 Å². The summed E-state index contributed by atoms with van der Waals surface area (Å²) in [5.41, 5.74) is 0. The number of hydrogen-bond acceptors (Lipinski definition) is 4. The van der Waals surface area contributed by atoms with Crippen LogP contribution in [0.4, 0.5) is 0 Å². The molecule has 1 aromatic rings. The molecule has 0 saturated carbocycles. The van der Waals surface area contributed by atoms with Crippen LogP contribution in [0.3, 0.4) is 0 Å². The standard InChI is InChI=1S/C11H15NO3S/c1-15-9-2-4-10(5-3-9)16(13,14)11-6-7-12-8-11/h2-5,11-12H,6-8H2,1H3. The van der Waals surface area contributed by atoms with Gasteiger partial charge in [-0.2, -0.15) is 0 Å². The molecule has 1 N–H and O–H groups in total. The molecule has 1 atom stereocenters. The molecular weight excluding hydrogens is 226 g/mol. The monoisotopic (exact) mass is 241 g/mol. The lowest BCUT2D eigenvalue weighted by Gasteiger charge is -2.10. The molecule has 2 rings (SSSR count). The SMILES string of the molecule is COc1ccc(S(=O)(=O)C2CCNC2)cc1. The second-order valence-electron chi connectivity index (χ2n) is 3.84. The maximum atomic E-state index is 12.2. The highest BCUT2D eigenvalue weighted by molar-refractivity contribution is 7.92. The molecule has 1 aromatic carbocycles. The van der Waals surface area contributed by atoms with Gasteiger partial charge in [0, 0.05) is 6.54 Å². The van der Waals surface area contributed by atoms with Crippen LogP contribution in [0.1, 0.15) is 6.42 Å². The lowest BCUT2D eigenvalue weighted by molar-refractivity contribution is 0.414. The van der Waals surface area contributed by atoms with Gasteiger partial charge in [0.25, 0.3) is 0 Å². The van der Waals surface area contributed by atoms with Crippen LogP contribution in [0, 0.1) is 0 Å². The van der Waals surface area contributed by atoms with E-state index in [1.54, 1.807) is 31.4 Å². The summed E-state index contributed by atoms with van der Waals surface area (Å²) < 4.78 is 29.3. The summed E-state index contributed by atoms with van der Waals surface area (Å²) in [4.78, 5) is 0.377. The third-order valence-electron chi connectivity index (χ3n) is 2.84. The number of nitrogens with one attached hydrogen (secondary N) is 1.